The first-order valence-electron chi connectivity index (χ1n) is 6.62. The summed E-state index contributed by atoms with van der Waals surface area (Å²) in [5.41, 5.74) is 0. The minimum absolute atomic E-state index is 0.204. The molecule has 0 aromatic rings. The smallest absolute Gasteiger partial charge is 0.329 e. The molecule has 0 radical (unpaired) electrons. The van der Waals surface area contributed by atoms with E-state index in [1.54, 1.807) is 0 Å². The fraction of sp³-hybridized carbons (Fsp3) is 0.667. The zero-order chi connectivity index (χ0) is 17.5. The van der Waals surface area contributed by atoms with E-state index in [0.717, 1.165) is 0 Å². The Kier molecular flexibility index (Phi) is 12.1. The molecule has 0 spiro atoms. The molecule has 23 heavy (non-hydrogen) atoms. The van der Waals surface area contributed by atoms with Crippen LogP contribution in [0.1, 0.15) is 0 Å². The molecular weight excluding hydrogens is 316 g/mol. The van der Waals surface area contributed by atoms with Crippen molar-refractivity contribution in [1.82, 2.24) is 10.6 Å². The number of hydrogen-bond acceptors (Lipinski definition) is 7. The second kappa shape index (κ2) is 13.4. The lowest BCUT2D eigenvalue weighted by molar-refractivity contribution is -0.145. The van der Waals surface area contributed by atoms with Crippen molar-refractivity contribution in [3.05, 3.63) is 0 Å². The number of aliphatic carboxylic acids is 2. The molecule has 2 amide bonds. The van der Waals surface area contributed by atoms with Crippen LogP contribution in [0.3, 0.4) is 0 Å². The normalized spacial score (nSPS) is 10.1. The summed E-state index contributed by atoms with van der Waals surface area (Å²) in [5, 5.41) is 21.5. The van der Waals surface area contributed by atoms with Gasteiger partial charge in [0.2, 0.25) is 11.8 Å². The summed E-state index contributed by atoms with van der Waals surface area (Å²) in [4.78, 5) is 42.6. The van der Waals surface area contributed by atoms with Gasteiger partial charge in [-0.15, -0.1) is 0 Å². The van der Waals surface area contributed by atoms with Gasteiger partial charge in [0.05, 0.1) is 13.2 Å². The first kappa shape index (κ1) is 20.8. The van der Waals surface area contributed by atoms with E-state index in [0.29, 0.717) is 0 Å². The SMILES string of the molecule is O=C(O)COCC(=O)NCCOCCNC(=O)COCC(=O)O. The molecule has 0 saturated heterocycles. The minimum Gasteiger partial charge on any atom is -0.480 e. The van der Waals surface area contributed by atoms with Gasteiger partial charge in [-0.25, -0.2) is 9.59 Å². The predicted molar refractivity (Wildman–Crippen MR) is 73.7 cm³/mol. The number of ether oxygens (including phenoxy) is 3. The Balaban J connectivity index is 3.35. The number of carbonyl (C=O) groups is 4. The van der Waals surface area contributed by atoms with E-state index >= 15 is 0 Å². The number of hydrogen-bond donors (Lipinski definition) is 4. The number of carboxylic acids is 2. The first-order chi connectivity index (χ1) is 10.9. The van der Waals surface area contributed by atoms with Crippen molar-refractivity contribution in [3.8, 4) is 0 Å². The van der Waals surface area contributed by atoms with Crippen LogP contribution in [-0.2, 0) is 33.4 Å². The summed E-state index contributed by atoms with van der Waals surface area (Å²) in [6.45, 7) is -0.945. The highest BCUT2D eigenvalue weighted by Crippen LogP contribution is 1.79. The van der Waals surface area contributed by atoms with Gasteiger partial charge in [0, 0.05) is 13.1 Å². The van der Waals surface area contributed by atoms with Crippen molar-refractivity contribution < 1.29 is 43.6 Å². The Morgan fingerprint density at radius 2 is 1.04 bits per heavy atom. The fourth-order valence-electron chi connectivity index (χ4n) is 1.19. The summed E-state index contributed by atoms with van der Waals surface area (Å²) in [6, 6.07) is 0. The van der Waals surface area contributed by atoms with Crippen LogP contribution in [0.4, 0.5) is 0 Å². The van der Waals surface area contributed by atoms with Crippen LogP contribution in [0.25, 0.3) is 0 Å². The monoisotopic (exact) mass is 336 g/mol. The van der Waals surface area contributed by atoms with E-state index in [4.69, 9.17) is 14.9 Å². The van der Waals surface area contributed by atoms with Crippen LogP contribution in [0.5, 0.6) is 0 Å². The van der Waals surface area contributed by atoms with Crippen molar-refractivity contribution in [2.24, 2.45) is 0 Å². The van der Waals surface area contributed by atoms with Crippen LogP contribution >= 0.6 is 0 Å². The predicted octanol–water partition coefficient (Wildman–Crippen LogP) is -2.56. The van der Waals surface area contributed by atoms with Crippen molar-refractivity contribution >= 4 is 23.8 Å². The van der Waals surface area contributed by atoms with Gasteiger partial charge in [0.1, 0.15) is 26.4 Å². The Labute approximate surface area is 131 Å². The van der Waals surface area contributed by atoms with Gasteiger partial charge in [-0.2, -0.15) is 0 Å². The van der Waals surface area contributed by atoms with Gasteiger partial charge in [-0.05, 0) is 0 Å². The summed E-state index contributed by atoms with van der Waals surface area (Å²) < 4.78 is 14.3. The van der Waals surface area contributed by atoms with E-state index in [9.17, 15) is 19.2 Å². The number of rotatable bonds is 14. The summed E-state index contributed by atoms with van der Waals surface area (Å²) in [6.07, 6.45) is 0. The third-order valence-corrected chi connectivity index (χ3v) is 2.05. The zero-order valence-electron chi connectivity index (χ0n) is 12.4. The van der Waals surface area contributed by atoms with E-state index in [1.807, 2.05) is 0 Å². The first-order valence-corrected chi connectivity index (χ1v) is 6.62. The summed E-state index contributed by atoms with van der Waals surface area (Å²) >= 11 is 0. The highest BCUT2D eigenvalue weighted by Gasteiger charge is 2.04. The van der Waals surface area contributed by atoms with Crippen molar-refractivity contribution in [2.45, 2.75) is 0 Å². The standard InChI is InChI=1S/C12H20N2O9/c15-9(5-22-7-11(17)18)13-1-3-21-4-2-14-10(16)6-23-8-12(19)20/h1-8H2,(H,13,15)(H,14,16)(H,17,18)(H,19,20). The van der Waals surface area contributed by atoms with Gasteiger partial charge >= 0.3 is 11.9 Å². The Morgan fingerprint density at radius 1 is 0.652 bits per heavy atom. The highest BCUT2D eigenvalue weighted by atomic mass is 16.5. The van der Waals surface area contributed by atoms with Gasteiger partial charge < -0.3 is 35.1 Å². The third kappa shape index (κ3) is 16.0. The topological polar surface area (TPSA) is 160 Å². The maximum Gasteiger partial charge on any atom is 0.329 e. The number of carboxylic acid groups (broad SMARTS) is 2. The number of nitrogens with one attached hydrogen (secondary N) is 2. The molecule has 0 aliphatic heterocycles. The molecule has 0 unspecified atom stereocenters. The second-order valence-corrected chi connectivity index (χ2v) is 4.09. The van der Waals surface area contributed by atoms with Gasteiger partial charge in [-0.3, -0.25) is 9.59 Å². The summed E-state index contributed by atoms with van der Waals surface area (Å²) in [5.74, 6) is -3.23. The number of amides is 2. The lowest BCUT2D eigenvalue weighted by Gasteiger charge is -2.07. The van der Waals surface area contributed by atoms with Crippen molar-refractivity contribution in [3.63, 3.8) is 0 Å². The molecule has 0 aliphatic carbocycles. The zero-order valence-corrected chi connectivity index (χ0v) is 12.4. The fourth-order valence-corrected chi connectivity index (χ4v) is 1.19. The van der Waals surface area contributed by atoms with Crippen LogP contribution < -0.4 is 10.6 Å². The average molecular weight is 336 g/mol. The number of carbonyl (C=O) groups excluding carboxylic acids is 2. The molecule has 4 N–H and O–H groups in total. The highest BCUT2D eigenvalue weighted by molar-refractivity contribution is 5.78. The molecule has 0 heterocycles. The molecular formula is C12H20N2O9. The molecule has 0 fully saturated rings. The average Bonchev–Trinajstić information content (AvgIpc) is 2.45. The van der Waals surface area contributed by atoms with E-state index < -0.39 is 37.0 Å². The molecule has 0 bridgehead atoms. The van der Waals surface area contributed by atoms with Crippen LogP contribution in [-0.4, -0.2) is 86.7 Å². The van der Waals surface area contributed by atoms with Gasteiger partial charge in [0.25, 0.3) is 0 Å². The van der Waals surface area contributed by atoms with E-state index in [-0.39, 0.29) is 39.5 Å². The van der Waals surface area contributed by atoms with Gasteiger partial charge in [-0.1, -0.05) is 0 Å². The van der Waals surface area contributed by atoms with E-state index in [1.165, 1.54) is 0 Å². The molecule has 132 valence electrons. The van der Waals surface area contributed by atoms with Crippen LogP contribution in [0, 0.1) is 0 Å². The van der Waals surface area contributed by atoms with Gasteiger partial charge in [0.15, 0.2) is 0 Å². The molecule has 0 aromatic carbocycles. The van der Waals surface area contributed by atoms with Crippen molar-refractivity contribution in [2.75, 3.05) is 52.7 Å². The lowest BCUT2D eigenvalue weighted by Crippen LogP contribution is -2.33. The minimum atomic E-state index is -1.16. The quantitative estimate of drug-likeness (QED) is 0.250. The molecule has 11 nitrogen and oxygen atoms in total. The van der Waals surface area contributed by atoms with Crippen LogP contribution in [0.2, 0.25) is 0 Å². The molecule has 0 atom stereocenters. The maximum absolute atomic E-state index is 11.2. The third-order valence-electron chi connectivity index (χ3n) is 2.05. The molecule has 0 saturated carbocycles. The summed E-state index contributed by atoms with van der Waals surface area (Å²) in [7, 11) is 0. The largest absolute Gasteiger partial charge is 0.480 e. The second-order valence-electron chi connectivity index (χ2n) is 4.09. The maximum atomic E-state index is 11.2. The van der Waals surface area contributed by atoms with Crippen molar-refractivity contribution in [1.29, 1.82) is 0 Å². The Bertz CT molecular complexity index is 364. The van der Waals surface area contributed by atoms with E-state index in [2.05, 4.69) is 20.1 Å². The Morgan fingerprint density at radius 3 is 1.39 bits per heavy atom. The van der Waals surface area contributed by atoms with Crippen LogP contribution in [0.15, 0.2) is 0 Å². The lowest BCUT2D eigenvalue weighted by atomic mass is 10.5. The molecule has 11 heteroatoms. The molecule has 0 aliphatic rings. The molecule has 0 rings (SSSR count). The Hall–Kier alpha value is -2.24. The molecule has 0 aromatic heterocycles.